The Balaban J connectivity index is 1.63. The first-order valence-corrected chi connectivity index (χ1v) is 10.2. The van der Waals surface area contributed by atoms with Crippen molar-refractivity contribution in [3.8, 4) is 0 Å². The van der Waals surface area contributed by atoms with Crippen molar-refractivity contribution >= 4 is 33.0 Å². The monoisotopic (exact) mass is 384 g/mol. The molecule has 0 unspecified atom stereocenters. The van der Waals surface area contributed by atoms with Crippen LogP contribution in [0.4, 0.5) is 5.69 Å². The summed E-state index contributed by atoms with van der Waals surface area (Å²) in [7, 11) is -1.36. The Bertz CT molecular complexity index is 695. The summed E-state index contributed by atoms with van der Waals surface area (Å²) in [5, 5.41) is 3.87. The summed E-state index contributed by atoms with van der Waals surface area (Å²) in [6.45, 7) is 5.44. The number of hydrogen-bond donors (Lipinski definition) is 1. The summed E-state index contributed by atoms with van der Waals surface area (Å²) in [6.07, 6.45) is 0. The number of piperazine rings is 1. The Kier molecular flexibility index (Phi) is 5.90. The van der Waals surface area contributed by atoms with E-state index in [4.69, 9.17) is 17.0 Å². The molecular weight excluding hydrogens is 360 g/mol. The Morgan fingerprint density at radius 3 is 2.24 bits per heavy atom. The summed E-state index contributed by atoms with van der Waals surface area (Å²) in [4.78, 5) is 4.70. The first kappa shape index (κ1) is 18.5. The van der Waals surface area contributed by atoms with Gasteiger partial charge in [0.2, 0.25) is 10.0 Å². The van der Waals surface area contributed by atoms with E-state index in [1.54, 1.807) is 24.3 Å². The van der Waals surface area contributed by atoms with Gasteiger partial charge in [-0.3, -0.25) is 0 Å². The van der Waals surface area contributed by atoms with Crippen molar-refractivity contribution < 1.29 is 13.2 Å². The van der Waals surface area contributed by atoms with Crippen molar-refractivity contribution in [2.75, 3.05) is 64.8 Å². The van der Waals surface area contributed by atoms with Gasteiger partial charge in [0.25, 0.3) is 0 Å². The van der Waals surface area contributed by atoms with Crippen molar-refractivity contribution in [1.29, 1.82) is 0 Å². The lowest BCUT2D eigenvalue weighted by Gasteiger charge is -2.34. The number of likely N-dealkylation sites (N-methyl/N-ethyl adjacent to an activating group) is 1. The van der Waals surface area contributed by atoms with Gasteiger partial charge in [0.1, 0.15) is 0 Å². The maximum atomic E-state index is 12.6. The number of thiocarbonyl (C=S) groups is 1. The first-order valence-electron chi connectivity index (χ1n) is 8.39. The minimum atomic E-state index is -3.46. The van der Waals surface area contributed by atoms with Crippen LogP contribution >= 0.6 is 12.2 Å². The normalized spacial score (nSPS) is 20.4. The average Bonchev–Trinajstić information content (AvgIpc) is 2.63. The van der Waals surface area contributed by atoms with Crippen molar-refractivity contribution in [2.24, 2.45) is 0 Å². The topological polar surface area (TPSA) is 65.1 Å². The Morgan fingerprint density at radius 2 is 1.64 bits per heavy atom. The molecule has 1 aromatic carbocycles. The van der Waals surface area contributed by atoms with Crippen LogP contribution in [0.5, 0.6) is 0 Å². The number of nitrogens with one attached hydrogen (secondary N) is 1. The van der Waals surface area contributed by atoms with Gasteiger partial charge in [-0.1, -0.05) is 0 Å². The lowest BCUT2D eigenvalue weighted by Crippen LogP contribution is -2.48. The van der Waals surface area contributed by atoms with Crippen LogP contribution < -0.4 is 5.32 Å². The molecule has 2 aliphatic heterocycles. The second-order valence-electron chi connectivity index (χ2n) is 6.26. The quantitative estimate of drug-likeness (QED) is 0.768. The van der Waals surface area contributed by atoms with Crippen molar-refractivity contribution in [3.63, 3.8) is 0 Å². The fourth-order valence-corrected chi connectivity index (χ4v) is 4.57. The highest BCUT2D eigenvalue weighted by atomic mass is 32.2. The van der Waals surface area contributed by atoms with Gasteiger partial charge >= 0.3 is 0 Å². The average molecular weight is 385 g/mol. The Labute approximate surface area is 154 Å². The van der Waals surface area contributed by atoms with E-state index < -0.39 is 10.0 Å². The standard InChI is InChI=1S/C16H24N4O3S2/c1-18-6-8-19(9-7-18)16(24)17-14-2-4-15(5-3-14)25(21,22)20-10-12-23-13-11-20/h2-5H,6-13H2,1H3,(H,17,24). The van der Waals surface area contributed by atoms with Crippen molar-refractivity contribution in [1.82, 2.24) is 14.1 Å². The molecule has 1 N–H and O–H groups in total. The molecule has 0 atom stereocenters. The zero-order valence-electron chi connectivity index (χ0n) is 14.3. The maximum Gasteiger partial charge on any atom is 0.243 e. The summed E-state index contributed by atoms with van der Waals surface area (Å²) >= 11 is 5.46. The fourth-order valence-electron chi connectivity index (χ4n) is 2.86. The molecule has 0 aliphatic carbocycles. The van der Waals surface area contributed by atoms with Gasteiger partial charge in [-0.25, -0.2) is 8.42 Å². The number of nitrogens with zero attached hydrogens (tertiary/aromatic N) is 3. The largest absolute Gasteiger partial charge is 0.379 e. The lowest BCUT2D eigenvalue weighted by molar-refractivity contribution is 0.0730. The molecule has 2 fully saturated rings. The van der Waals surface area contributed by atoms with Gasteiger partial charge in [0.15, 0.2) is 5.11 Å². The van der Waals surface area contributed by atoms with Gasteiger partial charge < -0.3 is 19.9 Å². The molecule has 0 radical (unpaired) electrons. The van der Waals surface area contributed by atoms with E-state index in [2.05, 4.69) is 22.2 Å². The zero-order valence-corrected chi connectivity index (χ0v) is 16.0. The van der Waals surface area contributed by atoms with E-state index >= 15 is 0 Å². The third kappa shape index (κ3) is 4.48. The summed E-state index contributed by atoms with van der Waals surface area (Å²) in [5.41, 5.74) is 0.796. The first-order chi connectivity index (χ1) is 12.0. The molecule has 25 heavy (non-hydrogen) atoms. The van der Waals surface area contributed by atoms with Crippen LogP contribution in [0, 0.1) is 0 Å². The SMILES string of the molecule is CN1CCN(C(=S)Nc2ccc(S(=O)(=O)N3CCOCC3)cc2)CC1. The van der Waals surface area contributed by atoms with Gasteiger partial charge in [0.05, 0.1) is 18.1 Å². The molecule has 9 heteroatoms. The second-order valence-corrected chi connectivity index (χ2v) is 8.59. The molecule has 2 aliphatic rings. The van der Waals surface area contributed by atoms with Crippen LogP contribution in [0.25, 0.3) is 0 Å². The number of anilines is 1. The van der Waals surface area contributed by atoms with Crippen LogP contribution in [0.1, 0.15) is 0 Å². The van der Waals surface area contributed by atoms with E-state index in [1.807, 2.05) is 0 Å². The highest BCUT2D eigenvalue weighted by Gasteiger charge is 2.26. The Hall–Kier alpha value is -1.26. The zero-order chi connectivity index (χ0) is 17.9. The molecule has 0 saturated carbocycles. The lowest BCUT2D eigenvalue weighted by atomic mass is 10.3. The molecule has 3 rings (SSSR count). The third-order valence-electron chi connectivity index (χ3n) is 4.50. The molecule has 0 aromatic heterocycles. The predicted octanol–water partition coefficient (Wildman–Crippen LogP) is 0.652. The van der Waals surface area contributed by atoms with E-state index in [9.17, 15) is 8.42 Å². The van der Waals surface area contributed by atoms with Gasteiger partial charge in [0, 0.05) is 45.0 Å². The van der Waals surface area contributed by atoms with E-state index in [0.29, 0.717) is 36.3 Å². The molecule has 0 bridgehead atoms. The van der Waals surface area contributed by atoms with Crippen molar-refractivity contribution in [2.45, 2.75) is 4.90 Å². The van der Waals surface area contributed by atoms with E-state index in [0.717, 1.165) is 31.9 Å². The minimum Gasteiger partial charge on any atom is -0.379 e. The summed E-state index contributed by atoms with van der Waals surface area (Å²) in [5.74, 6) is 0. The summed E-state index contributed by atoms with van der Waals surface area (Å²) < 4.78 is 31.9. The minimum absolute atomic E-state index is 0.297. The second kappa shape index (κ2) is 7.96. The predicted molar refractivity (Wildman–Crippen MR) is 101 cm³/mol. The smallest absolute Gasteiger partial charge is 0.243 e. The molecule has 2 heterocycles. The van der Waals surface area contributed by atoms with E-state index in [-0.39, 0.29) is 0 Å². The molecular formula is C16H24N4O3S2. The van der Waals surface area contributed by atoms with E-state index in [1.165, 1.54) is 4.31 Å². The van der Waals surface area contributed by atoms with Gasteiger partial charge in [-0.2, -0.15) is 4.31 Å². The number of morpholine rings is 1. The third-order valence-corrected chi connectivity index (χ3v) is 6.78. The maximum absolute atomic E-state index is 12.6. The van der Waals surface area contributed by atoms with Crippen LogP contribution in [-0.4, -0.2) is 87.2 Å². The van der Waals surface area contributed by atoms with Crippen molar-refractivity contribution in [3.05, 3.63) is 24.3 Å². The number of sulfonamides is 1. The molecule has 0 amide bonds. The van der Waals surface area contributed by atoms with Crippen LogP contribution in [0.3, 0.4) is 0 Å². The highest BCUT2D eigenvalue weighted by Crippen LogP contribution is 2.19. The fraction of sp³-hybridized carbons (Fsp3) is 0.562. The molecule has 2 saturated heterocycles. The summed E-state index contributed by atoms with van der Waals surface area (Å²) in [6, 6.07) is 6.77. The van der Waals surface area contributed by atoms with Crippen LogP contribution in [-0.2, 0) is 14.8 Å². The van der Waals surface area contributed by atoms with Gasteiger partial charge in [-0.05, 0) is 43.5 Å². The number of hydrogen-bond acceptors (Lipinski definition) is 5. The molecule has 1 aromatic rings. The molecule has 0 spiro atoms. The van der Waals surface area contributed by atoms with Gasteiger partial charge in [-0.15, -0.1) is 0 Å². The van der Waals surface area contributed by atoms with Crippen LogP contribution in [0.15, 0.2) is 29.2 Å². The number of ether oxygens (including phenoxy) is 1. The Morgan fingerprint density at radius 1 is 1.04 bits per heavy atom. The number of benzene rings is 1. The molecule has 138 valence electrons. The highest BCUT2D eigenvalue weighted by molar-refractivity contribution is 7.89. The number of rotatable bonds is 3. The molecule has 7 nitrogen and oxygen atoms in total. The van der Waals surface area contributed by atoms with Crippen LogP contribution in [0.2, 0.25) is 0 Å².